The molecule has 8 nitrogen and oxygen atoms in total. The Morgan fingerprint density at radius 3 is 2.57 bits per heavy atom. The number of hydrogen-bond acceptors (Lipinski definition) is 6. The van der Waals surface area contributed by atoms with Crippen LogP contribution in [0.3, 0.4) is 0 Å². The zero-order valence-corrected chi connectivity index (χ0v) is 18.5. The largest absolute Gasteiger partial charge is 0.471 e. The average molecular weight is 485 g/mol. The molecular weight excluding hydrogens is 463 g/mol. The number of hydrogen-bond donors (Lipinski definition) is 2. The van der Waals surface area contributed by atoms with E-state index in [0.29, 0.717) is 40.1 Å². The topological polar surface area (TPSA) is 118 Å². The van der Waals surface area contributed by atoms with Crippen molar-refractivity contribution in [1.29, 1.82) is 0 Å². The molecule has 1 aromatic heterocycles. The van der Waals surface area contributed by atoms with E-state index in [-0.39, 0.29) is 24.9 Å². The minimum Gasteiger partial charge on any atom is -0.366 e. The number of fused-ring (bicyclic) bond motifs is 1. The third-order valence-electron chi connectivity index (χ3n) is 5.89. The molecule has 2 amide bonds. The van der Waals surface area contributed by atoms with Gasteiger partial charge in [0.2, 0.25) is 0 Å². The first kappa shape index (κ1) is 24.1. The normalized spacial score (nSPS) is 15.9. The van der Waals surface area contributed by atoms with Gasteiger partial charge in [0, 0.05) is 24.9 Å². The van der Waals surface area contributed by atoms with E-state index in [2.05, 4.69) is 15.3 Å². The number of Topliss-reactive ketones (excluding diaryl/α,β-unsaturated/α-hetero) is 1. The molecule has 0 unspecified atom stereocenters. The molecule has 0 bridgehead atoms. The van der Waals surface area contributed by atoms with E-state index in [4.69, 9.17) is 5.73 Å². The lowest BCUT2D eigenvalue weighted by Gasteiger charge is -2.24. The van der Waals surface area contributed by atoms with E-state index in [9.17, 15) is 27.6 Å². The first-order valence-electron chi connectivity index (χ1n) is 10.9. The van der Waals surface area contributed by atoms with Gasteiger partial charge in [-0.2, -0.15) is 13.2 Å². The Bertz CT molecular complexity index is 1290. The monoisotopic (exact) mass is 485 g/mol. The third kappa shape index (κ3) is 5.23. The number of ketones is 1. The van der Waals surface area contributed by atoms with Crippen LogP contribution in [0.25, 0.3) is 10.9 Å². The second-order valence-electron chi connectivity index (χ2n) is 8.26. The van der Waals surface area contributed by atoms with Gasteiger partial charge in [-0.15, -0.1) is 0 Å². The lowest BCUT2D eigenvalue weighted by Crippen LogP contribution is -2.47. The molecule has 3 aromatic rings. The second kappa shape index (κ2) is 9.69. The van der Waals surface area contributed by atoms with Crippen molar-refractivity contribution in [2.45, 2.75) is 38.0 Å². The van der Waals surface area contributed by atoms with Gasteiger partial charge >= 0.3 is 12.1 Å². The maximum Gasteiger partial charge on any atom is 0.471 e. The number of primary amides is 1. The van der Waals surface area contributed by atoms with E-state index in [1.807, 2.05) is 6.07 Å². The standard InChI is InChI=1S/C24H22F3N5O3/c25-24(26,27)23(35)32-9-3-8-18(32)19(33)11-14-4-1-5-15(10-14)12-29-22-17-7-2-6-16(21(28)34)20(17)30-13-31-22/h1-2,4-7,10,13,18H,3,8-9,11-12H2,(H2,28,34)(H,29,30,31)/t18-/m0/s1. The molecule has 1 atom stereocenters. The van der Waals surface area contributed by atoms with Crippen molar-refractivity contribution in [3.05, 3.63) is 65.5 Å². The molecule has 3 N–H and O–H groups in total. The van der Waals surface area contributed by atoms with Crippen molar-refractivity contribution < 1.29 is 27.6 Å². The summed E-state index contributed by atoms with van der Waals surface area (Å²) in [5.41, 5.74) is 7.55. The fourth-order valence-electron chi connectivity index (χ4n) is 4.29. The Balaban J connectivity index is 1.46. The number of rotatable bonds is 7. The van der Waals surface area contributed by atoms with Crippen LogP contribution in [-0.2, 0) is 22.6 Å². The van der Waals surface area contributed by atoms with Crippen molar-refractivity contribution >= 4 is 34.3 Å². The predicted molar refractivity (Wildman–Crippen MR) is 121 cm³/mol. The third-order valence-corrected chi connectivity index (χ3v) is 5.89. The zero-order valence-electron chi connectivity index (χ0n) is 18.5. The second-order valence-corrected chi connectivity index (χ2v) is 8.26. The van der Waals surface area contributed by atoms with Gasteiger partial charge in [-0.25, -0.2) is 9.97 Å². The number of para-hydroxylation sites is 1. The lowest BCUT2D eigenvalue weighted by atomic mass is 10.00. The number of anilines is 1. The highest BCUT2D eigenvalue weighted by atomic mass is 19.4. The predicted octanol–water partition coefficient (Wildman–Crippen LogP) is 3.01. The Morgan fingerprint density at radius 2 is 1.83 bits per heavy atom. The molecule has 0 aliphatic carbocycles. The molecule has 2 heterocycles. The van der Waals surface area contributed by atoms with Crippen molar-refractivity contribution in [2.24, 2.45) is 5.73 Å². The lowest BCUT2D eigenvalue weighted by molar-refractivity contribution is -0.186. The molecule has 2 aromatic carbocycles. The molecule has 182 valence electrons. The first-order valence-corrected chi connectivity index (χ1v) is 10.9. The summed E-state index contributed by atoms with van der Waals surface area (Å²) in [5, 5.41) is 3.79. The highest BCUT2D eigenvalue weighted by Crippen LogP contribution is 2.27. The first-order chi connectivity index (χ1) is 16.6. The van der Waals surface area contributed by atoms with E-state index >= 15 is 0 Å². The van der Waals surface area contributed by atoms with E-state index in [1.165, 1.54) is 6.33 Å². The zero-order chi connectivity index (χ0) is 25.2. The summed E-state index contributed by atoms with van der Waals surface area (Å²) >= 11 is 0. The maximum absolute atomic E-state index is 12.9. The number of likely N-dealkylation sites (tertiary alicyclic amines) is 1. The van der Waals surface area contributed by atoms with Gasteiger partial charge in [0.25, 0.3) is 5.91 Å². The summed E-state index contributed by atoms with van der Waals surface area (Å²) in [6.45, 7) is 0.250. The van der Waals surface area contributed by atoms with Gasteiger partial charge in [-0.3, -0.25) is 14.4 Å². The summed E-state index contributed by atoms with van der Waals surface area (Å²) in [6.07, 6.45) is -3.19. The summed E-state index contributed by atoms with van der Waals surface area (Å²) in [7, 11) is 0. The molecule has 1 aliphatic rings. The number of nitrogens with zero attached hydrogens (tertiary/aromatic N) is 3. The van der Waals surface area contributed by atoms with Crippen molar-refractivity contribution in [1.82, 2.24) is 14.9 Å². The smallest absolute Gasteiger partial charge is 0.366 e. The van der Waals surface area contributed by atoms with Crippen LogP contribution < -0.4 is 11.1 Å². The Kier molecular flexibility index (Phi) is 6.68. The number of carbonyl (C=O) groups is 3. The summed E-state index contributed by atoms with van der Waals surface area (Å²) in [5.74, 6) is -2.50. The van der Waals surface area contributed by atoms with Crippen LogP contribution in [0.1, 0.15) is 34.3 Å². The van der Waals surface area contributed by atoms with Gasteiger partial charge < -0.3 is 16.0 Å². The van der Waals surface area contributed by atoms with E-state index in [0.717, 1.165) is 5.56 Å². The molecule has 0 spiro atoms. The molecule has 0 radical (unpaired) electrons. The molecule has 4 rings (SSSR count). The summed E-state index contributed by atoms with van der Waals surface area (Å²) < 4.78 is 38.6. The van der Waals surface area contributed by atoms with Gasteiger partial charge in [-0.05, 0) is 36.1 Å². The SMILES string of the molecule is NC(=O)c1cccc2c(NCc3cccc(CC(=O)[C@@H]4CCCN4C(=O)C(F)(F)F)c3)ncnc12. The fraction of sp³-hybridized carbons (Fsp3) is 0.292. The van der Waals surface area contributed by atoms with Crippen LogP contribution in [0.5, 0.6) is 0 Å². The van der Waals surface area contributed by atoms with Gasteiger partial charge in [0.1, 0.15) is 12.1 Å². The van der Waals surface area contributed by atoms with Crippen LogP contribution in [0.15, 0.2) is 48.8 Å². The quantitative estimate of drug-likeness (QED) is 0.531. The van der Waals surface area contributed by atoms with Crippen LogP contribution in [0, 0.1) is 0 Å². The summed E-state index contributed by atoms with van der Waals surface area (Å²) in [4.78, 5) is 45.1. The van der Waals surface area contributed by atoms with Crippen LogP contribution in [0.4, 0.5) is 19.0 Å². The molecular formula is C24H22F3N5O3. The van der Waals surface area contributed by atoms with Gasteiger partial charge in [-0.1, -0.05) is 30.3 Å². The number of amides is 2. The van der Waals surface area contributed by atoms with Crippen LogP contribution in [0.2, 0.25) is 0 Å². The van der Waals surface area contributed by atoms with Gasteiger partial charge in [0.15, 0.2) is 5.78 Å². The maximum atomic E-state index is 12.9. The minimum atomic E-state index is -5.00. The fourth-order valence-corrected chi connectivity index (χ4v) is 4.29. The molecule has 1 saturated heterocycles. The van der Waals surface area contributed by atoms with Crippen LogP contribution >= 0.6 is 0 Å². The number of halogens is 3. The van der Waals surface area contributed by atoms with Crippen molar-refractivity contribution in [3.8, 4) is 0 Å². The summed E-state index contributed by atoms with van der Waals surface area (Å²) in [6, 6.07) is 11.0. The molecule has 35 heavy (non-hydrogen) atoms. The molecule has 11 heteroatoms. The molecule has 1 fully saturated rings. The average Bonchev–Trinajstić information content (AvgIpc) is 3.31. The number of nitrogens with two attached hydrogens (primary N) is 1. The number of aromatic nitrogens is 2. The van der Waals surface area contributed by atoms with Crippen LogP contribution in [-0.4, -0.2) is 51.2 Å². The molecule has 1 aliphatic heterocycles. The van der Waals surface area contributed by atoms with Crippen molar-refractivity contribution in [3.63, 3.8) is 0 Å². The van der Waals surface area contributed by atoms with Crippen molar-refractivity contribution in [2.75, 3.05) is 11.9 Å². The Hall–Kier alpha value is -4.02. The minimum absolute atomic E-state index is 0.0803. The van der Waals surface area contributed by atoms with E-state index in [1.54, 1.807) is 36.4 Å². The number of carbonyl (C=O) groups excluding carboxylic acids is 3. The van der Waals surface area contributed by atoms with E-state index < -0.39 is 29.8 Å². The Morgan fingerprint density at radius 1 is 1.09 bits per heavy atom. The number of nitrogens with one attached hydrogen (secondary N) is 1. The highest BCUT2D eigenvalue weighted by Gasteiger charge is 2.47. The number of benzene rings is 2. The highest BCUT2D eigenvalue weighted by molar-refractivity contribution is 6.06. The molecule has 0 saturated carbocycles. The Labute approximate surface area is 198 Å². The number of alkyl halides is 3. The van der Waals surface area contributed by atoms with Gasteiger partial charge in [0.05, 0.1) is 17.1 Å².